The summed E-state index contributed by atoms with van der Waals surface area (Å²) in [4.78, 5) is 24.4. The molecular formula is C26H24N8O2. The number of aryl methyl sites for hydroxylation is 2. The molecule has 0 bridgehead atoms. The van der Waals surface area contributed by atoms with Gasteiger partial charge in [-0.3, -0.25) is 19.5 Å². The van der Waals surface area contributed by atoms with Crippen LogP contribution in [-0.2, 0) is 17.8 Å². The number of benzene rings is 1. The molecule has 0 aliphatic carbocycles. The lowest BCUT2D eigenvalue weighted by Gasteiger charge is -2.24. The minimum Gasteiger partial charge on any atom is -0.423 e. The predicted octanol–water partition coefficient (Wildman–Crippen LogP) is 3.37. The third kappa shape index (κ3) is 3.86. The number of hydrogen-bond acceptors (Lipinski definition) is 8. The van der Waals surface area contributed by atoms with Gasteiger partial charge < -0.3 is 14.6 Å². The van der Waals surface area contributed by atoms with Crippen LogP contribution in [-0.4, -0.2) is 54.2 Å². The zero-order valence-corrected chi connectivity index (χ0v) is 19.9. The van der Waals surface area contributed by atoms with Gasteiger partial charge in [0.2, 0.25) is 18.2 Å². The van der Waals surface area contributed by atoms with Gasteiger partial charge in [0, 0.05) is 22.9 Å². The highest BCUT2D eigenvalue weighted by Crippen LogP contribution is 2.29. The third-order valence-electron chi connectivity index (χ3n) is 6.34. The highest BCUT2D eigenvalue weighted by molar-refractivity contribution is 6.10. The van der Waals surface area contributed by atoms with Gasteiger partial charge in [-0.2, -0.15) is 5.10 Å². The minimum atomic E-state index is -0.455. The average Bonchev–Trinajstić information content (AvgIpc) is 3.63. The number of amides is 1. The van der Waals surface area contributed by atoms with Crippen molar-refractivity contribution in [2.24, 2.45) is 4.99 Å². The van der Waals surface area contributed by atoms with Crippen LogP contribution >= 0.6 is 0 Å². The Kier molecular flexibility index (Phi) is 5.40. The molecule has 36 heavy (non-hydrogen) atoms. The van der Waals surface area contributed by atoms with Gasteiger partial charge in [0.15, 0.2) is 0 Å². The number of anilines is 1. The molecule has 10 nitrogen and oxygen atoms in total. The molecule has 1 aromatic carbocycles. The van der Waals surface area contributed by atoms with Crippen LogP contribution in [0.2, 0.25) is 0 Å². The predicted molar refractivity (Wildman–Crippen MR) is 135 cm³/mol. The normalized spacial score (nSPS) is 16.7. The molecule has 10 heteroatoms. The number of carbonyl (C=O) groups is 1. The van der Waals surface area contributed by atoms with Crippen molar-refractivity contribution in [3.05, 3.63) is 84.1 Å². The fourth-order valence-electron chi connectivity index (χ4n) is 4.64. The number of carbonyl (C=O) groups excluding carboxylic acids is 1. The molecule has 0 radical (unpaired) electrons. The van der Waals surface area contributed by atoms with Crippen molar-refractivity contribution in [3.8, 4) is 0 Å². The summed E-state index contributed by atoms with van der Waals surface area (Å²) >= 11 is 0. The van der Waals surface area contributed by atoms with Crippen LogP contribution in [0.5, 0.6) is 0 Å². The molecule has 1 N–H and O–H groups in total. The van der Waals surface area contributed by atoms with Crippen LogP contribution in [0, 0.1) is 6.92 Å². The Balaban J connectivity index is 1.25. The lowest BCUT2D eigenvalue weighted by atomic mass is 10.1. The second kappa shape index (κ2) is 8.88. The molecule has 6 rings (SSSR count). The van der Waals surface area contributed by atoms with Crippen molar-refractivity contribution in [2.75, 3.05) is 11.9 Å². The lowest BCUT2D eigenvalue weighted by Crippen LogP contribution is -2.42. The Morgan fingerprint density at radius 2 is 2.11 bits per heavy atom. The molecule has 3 aromatic heterocycles. The van der Waals surface area contributed by atoms with Gasteiger partial charge in [0.05, 0.1) is 35.7 Å². The van der Waals surface area contributed by atoms with Crippen LogP contribution in [0.3, 0.4) is 0 Å². The van der Waals surface area contributed by atoms with E-state index in [1.165, 1.54) is 6.39 Å². The Morgan fingerprint density at radius 3 is 2.92 bits per heavy atom. The van der Waals surface area contributed by atoms with E-state index in [1.54, 1.807) is 0 Å². The van der Waals surface area contributed by atoms with Crippen molar-refractivity contribution in [1.82, 2.24) is 29.9 Å². The van der Waals surface area contributed by atoms with Crippen LogP contribution in [0.25, 0.3) is 16.5 Å². The Morgan fingerprint density at radius 1 is 1.22 bits per heavy atom. The van der Waals surface area contributed by atoms with Crippen molar-refractivity contribution in [1.29, 1.82) is 0 Å². The van der Waals surface area contributed by atoms with Gasteiger partial charge in [0.1, 0.15) is 11.9 Å². The van der Waals surface area contributed by atoms with Gasteiger partial charge in [-0.25, -0.2) is 0 Å². The van der Waals surface area contributed by atoms with E-state index in [0.717, 1.165) is 45.7 Å². The van der Waals surface area contributed by atoms with E-state index in [9.17, 15) is 4.79 Å². The van der Waals surface area contributed by atoms with Crippen LogP contribution in [0.15, 0.2) is 70.6 Å². The second-order valence-corrected chi connectivity index (χ2v) is 8.70. The van der Waals surface area contributed by atoms with Gasteiger partial charge in [-0.1, -0.05) is 19.1 Å². The number of amidine groups is 1. The van der Waals surface area contributed by atoms with E-state index in [1.807, 2.05) is 71.3 Å². The Hall–Kier alpha value is -4.60. The summed E-state index contributed by atoms with van der Waals surface area (Å²) in [6.45, 7) is 4.96. The lowest BCUT2D eigenvalue weighted by molar-refractivity contribution is -0.118. The molecule has 2 aliphatic heterocycles. The molecule has 0 spiro atoms. The number of rotatable bonds is 6. The summed E-state index contributed by atoms with van der Waals surface area (Å²) < 4.78 is 7.23. The van der Waals surface area contributed by atoms with Gasteiger partial charge >= 0.3 is 0 Å². The van der Waals surface area contributed by atoms with Gasteiger partial charge in [-0.05, 0) is 49.8 Å². The van der Waals surface area contributed by atoms with Gasteiger partial charge in [0.25, 0.3) is 0 Å². The molecule has 0 saturated carbocycles. The number of nitrogens with zero attached hydrogens (tertiary/aromatic N) is 7. The molecule has 180 valence electrons. The monoisotopic (exact) mass is 480 g/mol. The number of aromatic nitrogens is 5. The van der Waals surface area contributed by atoms with E-state index in [4.69, 9.17) is 9.52 Å². The zero-order chi connectivity index (χ0) is 24.6. The van der Waals surface area contributed by atoms with Gasteiger partial charge in [-0.15, -0.1) is 10.2 Å². The van der Waals surface area contributed by atoms with Crippen LogP contribution < -0.4 is 5.32 Å². The standard InChI is InChI=1S/C26H24N8O2/c1-3-19-24-20(8-5-9-21(24)34(32-19)14-18-7-4-6-16(2)29-18)30-25(35)22-13-27-23-12-17(10-11-33(22)23)26-31-28-15-36-26/h4-12,15,22H,3,13-14H2,1-2H3,(H,30,35). The molecule has 1 unspecified atom stereocenters. The highest BCUT2D eigenvalue weighted by atomic mass is 16.4. The topological polar surface area (TPSA) is 114 Å². The molecule has 2 aliphatic rings. The maximum atomic E-state index is 13.4. The van der Waals surface area contributed by atoms with Crippen molar-refractivity contribution in [3.63, 3.8) is 0 Å². The quantitative estimate of drug-likeness (QED) is 0.450. The maximum Gasteiger partial charge on any atom is 0.249 e. The number of nitrogens with one attached hydrogen (secondary N) is 1. The smallest absolute Gasteiger partial charge is 0.249 e. The molecule has 1 atom stereocenters. The number of fused-ring (bicyclic) bond motifs is 2. The zero-order valence-electron chi connectivity index (χ0n) is 19.9. The number of pyridine rings is 1. The largest absolute Gasteiger partial charge is 0.423 e. The minimum absolute atomic E-state index is 0.129. The number of aliphatic imine (C=N–C) groups is 1. The van der Waals surface area contributed by atoms with Crippen molar-refractivity contribution < 1.29 is 9.21 Å². The Bertz CT molecular complexity index is 1550. The van der Waals surface area contributed by atoms with E-state index in [-0.39, 0.29) is 5.91 Å². The summed E-state index contributed by atoms with van der Waals surface area (Å²) in [6, 6.07) is 11.4. The van der Waals surface area contributed by atoms with E-state index < -0.39 is 6.04 Å². The Labute approximate surface area is 207 Å². The summed E-state index contributed by atoms with van der Waals surface area (Å²) in [5.41, 5.74) is 5.31. The van der Waals surface area contributed by atoms with Crippen LogP contribution in [0.4, 0.5) is 5.69 Å². The summed E-state index contributed by atoms with van der Waals surface area (Å²) in [6.07, 6.45) is 7.55. The molecular weight excluding hydrogens is 456 g/mol. The average molecular weight is 481 g/mol. The molecule has 0 saturated heterocycles. The second-order valence-electron chi connectivity index (χ2n) is 8.70. The van der Waals surface area contributed by atoms with Crippen molar-refractivity contribution >= 4 is 33.9 Å². The summed E-state index contributed by atoms with van der Waals surface area (Å²) in [5, 5.41) is 16.6. The molecule has 1 amide bonds. The summed E-state index contributed by atoms with van der Waals surface area (Å²) in [5.74, 6) is 0.977. The van der Waals surface area contributed by atoms with E-state index >= 15 is 0 Å². The first-order valence-corrected chi connectivity index (χ1v) is 11.8. The molecule has 5 heterocycles. The fourth-order valence-corrected chi connectivity index (χ4v) is 4.64. The van der Waals surface area contributed by atoms with Crippen molar-refractivity contribution in [2.45, 2.75) is 32.9 Å². The SMILES string of the molecule is CCc1nn(Cc2cccc(C)n2)c2cccc(NC(=O)C3CN=C4C=C(c5nnco5)C=CN43)c12. The third-order valence-corrected chi connectivity index (χ3v) is 6.34. The highest BCUT2D eigenvalue weighted by Gasteiger charge is 2.33. The number of allylic oxidation sites excluding steroid dienone is 2. The number of hydrogen-bond donors (Lipinski definition) is 1. The first kappa shape index (κ1) is 21.9. The van der Waals surface area contributed by atoms with E-state index in [2.05, 4.69) is 32.4 Å². The molecule has 4 aromatic rings. The molecule has 0 fully saturated rings. The maximum absolute atomic E-state index is 13.4. The first-order chi connectivity index (χ1) is 17.6. The first-order valence-electron chi connectivity index (χ1n) is 11.8. The van der Waals surface area contributed by atoms with E-state index in [0.29, 0.717) is 24.8 Å². The fraction of sp³-hybridized carbons (Fsp3) is 0.231. The van der Waals surface area contributed by atoms with Crippen LogP contribution in [0.1, 0.15) is 29.9 Å². The summed E-state index contributed by atoms with van der Waals surface area (Å²) in [7, 11) is 0.